The predicted molar refractivity (Wildman–Crippen MR) is 116 cm³/mol. The minimum Gasteiger partial charge on any atom is -0.483 e. The van der Waals surface area contributed by atoms with E-state index in [2.05, 4.69) is 12.2 Å². The van der Waals surface area contributed by atoms with E-state index in [1.54, 1.807) is 0 Å². The number of aryl methyl sites for hydroxylation is 2. The summed E-state index contributed by atoms with van der Waals surface area (Å²) in [7, 11) is 1.33. The highest BCUT2D eigenvalue weighted by atomic mass is 32.1. The lowest BCUT2D eigenvalue weighted by Gasteiger charge is -2.10. The minimum absolute atomic E-state index is 0.149. The molecule has 0 unspecified atom stereocenters. The number of thiophene rings is 1. The monoisotopic (exact) mass is 409 g/mol. The Labute approximate surface area is 174 Å². The fourth-order valence-corrected chi connectivity index (χ4v) is 3.88. The topological polar surface area (TPSA) is 64.6 Å². The molecule has 3 aromatic rings. The van der Waals surface area contributed by atoms with Crippen molar-refractivity contribution < 1.29 is 19.1 Å². The first kappa shape index (κ1) is 20.6. The van der Waals surface area contributed by atoms with E-state index in [0.29, 0.717) is 16.3 Å². The standard InChI is InChI=1S/C23H23NO4S/c1-4-16-9-11-17(12-10-16)18-14-29-22(21(18)23(26)27-3)24-20(25)13-28-19-8-6-5-7-15(19)2/h5-12,14H,4,13H2,1-3H3,(H,24,25). The van der Waals surface area contributed by atoms with Gasteiger partial charge in [0.05, 0.1) is 7.11 Å². The summed E-state index contributed by atoms with van der Waals surface area (Å²) in [5.74, 6) is -0.178. The molecular weight excluding hydrogens is 386 g/mol. The molecule has 0 saturated heterocycles. The first-order chi connectivity index (χ1) is 14.0. The summed E-state index contributed by atoms with van der Waals surface area (Å²) in [5, 5.41) is 5.08. The number of hydrogen-bond acceptors (Lipinski definition) is 5. The Bertz CT molecular complexity index is 1010. The average Bonchev–Trinajstić information content (AvgIpc) is 3.16. The summed E-state index contributed by atoms with van der Waals surface area (Å²) in [4.78, 5) is 24.8. The number of para-hydroxylation sites is 1. The van der Waals surface area contributed by atoms with Crippen molar-refractivity contribution in [3.63, 3.8) is 0 Å². The minimum atomic E-state index is -0.490. The molecule has 0 saturated carbocycles. The Kier molecular flexibility index (Phi) is 6.67. The lowest BCUT2D eigenvalue weighted by Crippen LogP contribution is -2.21. The molecule has 0 aliphatic carbocycles. The zero-order chi connectivity index (χ0) is 20.8. The molecular formula is C23H23NO4S. The molecule has 150 valence electrons. The maximum Gasteiger partial charge on any atom is 0.341 e. The number of anilines is 1. The van der Waals surface area contributed by atoms with Gasteiger partial charge in [0.15, 0.2) is 6.61 Å². The number of esters is 1. The quantitative estimate of drug-likeness (QED) is 0.552. The van der Waals surface area contributed by atoms with Crippen molar-refractivity contribution in [2.45, 2.75) is 20.3 Å². The van der Waals surface area contributed by atoms with Crippen LogP contribution in [0.5, 0.6) is 5.75 Å². The van der Waals surface area contributed by atoms with E-state index in [0.717, 1.165) is 23.1 Å². The average molecular weight is 410 g/mol. The molecule has 1 heterocycles. The van der Waals surface area contributed by atoms with Crippen molar-refractivity contribution in [1.29, 1.82) is 0 Å². The van der Waals surface area contributed by atoms with Crippen LogP contribution < -0.4 is 10.1 Å². The summed E-state index contributed by atoms with van der Waals surface area (Å²) >= 11 is 1.29. The van der Waals surface area contributed by atoms with E-state index in [1.165, 1.54) is 24.0 Å². The van der Waals surface area contributed by atoms with E-state index in [9.17, 15) is 9.59 Å². The Morgan fingerprint density at radius 2 is 1.79 bits per heavy atom. The van der Waals surface area contributed by atoms with Gasteiger partial charge >= 0.3 is 5.97 Å². The lowest BCUT2D eigenvalue weighted by atomic mass is 10.0. The van der Waals surface area contributed by atoms with E-state index in [1.807, 2.05) is 60.8 Å². The van der Waals surface area contributed by atoms with E-state index >= 15 is 0 Å². The van der Waals surface area contributed by atoms with Crippen molar-refractivity contribution in [2.75, 3.05) is 19.0 Å². The molecule has 3 rings (SSSR count). The molecule has 0 bridgehead atoms. The van der Waals surface area contributed by atoms with E-state index in [-0.39, 0.29) is 12.5 Å². The molecule has 1 N–H and O–H groups in total. The number of nitrogens with one attached hydrogen (secondary N) is 1. The second kappa shape index (κ2) is 9.39. The van der Waals surface area contributed by atoms with Crippen LogP contribution in [0.3, 0.4) is 0 Å². The number of hydrogen-bond donors (Lipinski definition) is 1. The third-order valence-electron chi connectivity index (χ3n) is 4.56. The van der Waals surface area contributed by atoms with Crippen LogP contribution in [0.2, 0.25) is 0 Å². The van der Waals surface area contributed by atoms with Crippen LogP contribution in [0, 0.1) is 6.92 Å². The Morgan fingerprint density at radius 1 is 1.07 bits per heavy atom. The zero-order valence-corrected chi connectivity index (χ0v) is 17.5. The summed E-state index contributed by atoms with van der Waals surface area (Å²) in [6.07, 6.45) is 0.940. The molecule has 0 atom stereocenters. The molecule has 0 aliphatic heterocycles. The van der Waals surface area contributed by atoms with Gasteiger partial charge in [-0.2, -0.15) is 0 Å². The molecule has 5 nitrogen and oxygen atoms in total. The molecule has 1 aromatic heterocycles. The van der Waals surface area contributed by atoms with Crippen molar-refractivity contribution in [3.05, 3.63) is 70.6 Å². The summed E-state index contributed by atoms with van der Waals surface area (Å²) < 4.78 is 10.5. The van der Waals surface area contributed by atoms with Gasteiger partial charge in [0.2, 0.25) is 0 Å². The SMILES string of the molecule is CCc1ccc(-c2csc(NC(=O)COc3ccccc3C)c2C(=O)OC)cc1. The van der Waals surface area contributed by atoms with Gasteiger partial charge in [-0.25, -0.2) is 4.79 Å². The Balaban J connectivity index is 1.79. The van der Waals surface area contributed by atoms with Gasteiger partial charge in [-0.05, 0) is 36.1 Å². The van der Waals surface area contributed by atoms with Gasteiger partial charge in [0.25, 0.3) is 5.91 Å². The van der Waals surface area contributed by atoms with Crippen LogP contribution in [0.4, 0.5) is 5.00 Å². The normalized spacial score (nSPS) is 10.4. The summed E-state index contributed by atoms with van der Waals surface area (Å²) in [6, 6.07) is 15.5. The summed E-state index contributed by atoms with van der Waals surface area (Å²) in [5.41, 5.74) is 4.15. The van der Waals surface area contributed by atoms with Gasteiger partial charge in [0.1, 0.15) is 16.3 Å². The maximum absolute atomic E-state index is 12.4. The first-order valence-electron chi connectivity index (χ1n) is 9.30. The molecule has 0 fully saturated rings. The van der Waals surface area contributed by atoms with Crippen molar-refractivity contribution in [1.82, 2.24) is 0 Å². The smallest absolute Gasteiger partial charge is 0.341 e. The highest BCUT2D eigenvalue weighted by Crippen LogP contribution is 2.36. The molecule has 29 heavy (non-hydrogen) atoms. The van der Waals surface area contributed by atoms with E-state index < -0.39 is 5.97 Å². The number of carbonyl (C=O) groups excluding carboxylic acids is 2. The van der Waals surface area contributed by atoms with Gasteiger partial charge in [-0.1, -0.05) is 49.4 Å². The molecule has 6 heteroatoms. The number of rotatable bonds is 7. The van der Waals surface area contributed by atoms with Crippen LogP contribution in [0.15, 0.2) is 53.9 Å². The van der Waals surface area contributed by atoms with Crippen molar-refractivity contribution in [3.8, 4) is 16.9 Å². The molecule has 0 spiro atoms. The van der Waals surface area contributed by atoms with Crippen LogP contribution in [-0.4, -0.2) is 25.6 Å². The lowest BCUT2D eigenvalue weighted by molar-refractivity contribution is -0.118. The van der Waals surface area contributed by atoms with Gasteiger partial charge < -0.3 is 14.8 Å². The van der Waals surface area contributed by atoms with Crippen molar-refractivity contribution >= 4 is 28.2 Å². The number of carbonyl (C=O) groups is 2. The van der Waals surface area contributed by atoms with Crippen LogP contribution in [0.25, 0.3) is 11.1 Å². The fourth-order valence-electron chi connectivity index (χ4n) is 2.91. The fraction of sp³-hybridized carbons (Fsp3) is 0.217. The van der Waals surface area contributed by atoms with Crippen LogP contribution in [0.1, 0.15) is 28.4 Å². The zero-order valence-electron chi connectivity index (χ0n) is 16.7. The Hall–Kier alpha value is -3.12. The highest BCUT2D eigenvalue weighted by Gasteiger charge is 2.22. The molecule has 0 radical (unpaired) electrons. The molecule has 0 aliphatic rings. The number of amides is 1. The predicted octanol–water partition coefficient (Wildman–Crippen LogP) is 5.09. The van der Waals surface area contributed by atoms with Crippen LogP contribution >= 0.6 is 11.3 Å². The number of methoxy groups -OCH3 is 1. The Morgan fingerprint density at radius 3 is 2.45 bits per heavy atom. The first-order valence-corrected chi connectivity index (χ1v) is 10.2. The van der Waals surface area contributed by atoms with Gasteiger partial charge in [-0.15, -0.1) is 11.3 Å². The molecule has 1 amide bonds. The van der Waals surface area contributed by atoms with Gasteiger partial charge in [-0.3, -0.25) is 4.79 Å². The number of ether oxygens (including phenoxy) is 2. The number of benzene rings is 2. The summed E-state index contributed by atoms with van der Waals surface area (Å²) in [6.45, 7) is 3.86. The maximum atomic E-state index is 12.4. The third kappa shape index (κ3) is 4.84. The molecule has 2 aromatic carbocycles. The van der Waals surface area contributed by atoms with Crippen molar-refractivity contribution in [2.24, 2.45) is 0 Å². The third-order valence-corrected chi connectivity index (χ3v) is 5.45. The second-order valence-corrected chi connectivity index (χ2v) is 7.38. The highest BCUT2D eigenvalue weighted by molar-refractivity contribution is 7.15. The largest absolute Gasteiger partial charge is 0.483 e. The van der Waals surface area contributed by atoms with Crippen LogP contribution in [-0.2, 0) is 16.0 Å². The second-order valence-electron chi connectivity index (χ2n) is 6.50. The van der Waals surface area contributed by atoms with Gasteiger partial charge in [0, 0.05) is 10.9 Å². The van der Waals surface area contributed by atoms with E-state index in [4.69, 9.17) is 9.47 Å².